The molecule has 0 fully saturated rings. The van der Waals surface area contributed by atoms with E-state index in [1.807, 2.05) is 18.2 Å². The maximum atomic E-state index is 12.0. The van der Waals surface area contributed by atoms with Gasteiger partial charge in [-0.15, -0.1) is 0 Å². The van der Waals surface area contributed by atoms with Gasteiger partial charge in [0.05, 0.1) is 25.5 Å². The number of anilines is 1. The number of amides is 1. The first-order valence-corrected chi connectivity index (χ1v) is 8.06. The number of nitrogens with one attached hydrogen (secondary N) is 1. The molecular formula is C17H16INO5. The van der Waals surface area contributed by atoms with Crippen LogP contribution >= 0.6 is 22.6 Å². The van der Waals surface area contributed by atoms with E-state index in [0.717, 1.165) is 3.57 Å². The van der Waals surface area contributed by atoms with Crippen LogP contribution in [0.5, 0.6) is 11.5 Å². The molecule has 126 valence electrons. The highest BCUT2D eigenvalue weighted by molar-refractivity contribution is 14.1. The van der Waals surface area contributed by atoms with Gasteiger partial charge in [-0.3, -0.25) is 4.79 Å². The summed E-state index contributed by atoms with van der Waals surface area (Å²) in [6.45, 7) is -0.377. The smallest absolute Gasteiger partial charge is 0.338 e. The first-order chi connectivity index (χ1) is 11.5. The van der Waals surface area contributed by atoms with Crippen molar-refractivity contribution in [3.8, 4) is 11.5 Å². The highest BCUT2D eigenvalue weighted by Gasteiger charge is 2.14. The van der Waals surface area contributed by atoms with Crippen LogP contribution < -0.4 is 14.8 Å². The number of esters is 1. The predicted molar refractivity (Wildman–Crippen MR) is 97.6 cm³/mol. The van der Waals surface area contributed by atoms with Gasteiger partial charge in [-0.25, -0.2) is 4.79 Å². The molecular weight excluding hydrogens is 425 g/mol. The van der Waals surface area contributed by atoms with Crippen LogP contribution in [0.1, 0.15) is 10.4 Å². The van der Waals surface area contributed by atoms with Crippen LogP contribution in [0.15, 0.2) is 42.5 Å². The van der Waals surface area contributed by atoms with Crippen LogP contribution in [0.2, 0.25) is 0 Å². The fraction of sp³-hybridized carbons (Fsp3) is 0.176. The normalized spacial score (nSPS) is 9.96. The Morgan fingerprint density at radius 1 is 1.04 bits per heavy atom. The van der Waals surface area contributed by atoms with E-state index < -0.39 is 11.9 Å². The number of methoxy groups -OCH3 is 2. The molecule has 0 unspecified atom stereocenters. The maximum absolute atomic E-state index is 12.0. The molecule has 0 radical (unpaired) electrons. The van der Waals surface area contributed by atoms with Crippen molar-refractivity contribution in [3.63, 3.8) is 0 Å². The molecule has 0 heterocycles. The van der Waals surface area contributed by atoms with E-state index in [0.29, 0.717) is 17.2 Å². The quantitative estimate of drug-likeness (QED) is 0.551. The third-order valence-corrected chi connectivity index (χ3v) is 4.04. The second-order valence-corrected chi connectivity index (χ2v) is 5.84. The summed E-state index contributed by atoms with van der Waals surface area (Å²) < 4.78 is 16.2. The summed E-state index contributed by atoms with van der Waals surface area (Å²) in [6, 6.07) is 12.0. The van der Waals surface area contributed by atoms with Crippen LogP contribution in [0, 0.1) is 3.57 Å². The average molecular weight is 441 g/mol. The van der Waals surface area contributed by atoms with Gasteiger partial charge in [-0.05, 0) is 52.9 Å². The van der Waals surface area contributed by atoms with E-state index >= 15 is 0 Å². The van der Waals surface area contributed by atoms with Gasteiger partial charge in [0, 0.05) is 3.57 Å². The van der Waals surface area contributed by atoms with Crippen molar-refractivity contribution in [2.75, 3.05) is 26.1 Å². The molecule has 0 aromatic heterocycles. The van der Waals surface area contributed by atoms with Crippen molar-refractivity contribution in [1.29, 1.82) is 0 Å². The minimum Gasteiger partial charge on any atom is -0.493 e. The summed E-state index contributed by atoms with van der Waals surface area (Å²) >= 11 is 2.11. The van der Waals surface area contributed by atoms with Crippen LogP contribution in [-0.2, 0) is 9.53 Å². The maximum Gasteiger partial charge on any atom is 0.338 e. The van der Waals surface area contributed by atoms with Crippen molar-refractivity contribution in [2.45, 2.75) is 0 Å². The Balaban J connectivity index is 1.95. The van der Waals surface area contributed by atoms with Gasteiger partial charge in [-0.2, -0.15) is 0 Å². The minimum absolute atomic E-state index is 0.273. The Labute approximate surface area is 153 Å². The standard InChI is InChI=1S/C17H16INO5/c1-22-14-8-7-11(9-15(14)23-2)17(21)24-10-16(20)19-13-6-4-3-5-12(13)18/h3-9H,10H2,1-2H3,(H,19,20). The van der Waals surface area contributed by atoms with Gasteiger partial charge < -0.3 is 19.5 Å². The second-order valence-electron chi connectivity index (χ2n) is 4.67. The summed E-state index contributed by atoms with van der Waals surface area (Å²) in [7, 11) is 2.98. The summed E-state index contributed by atoms with van der Waals surface area (Å²) in [5.41, 5.74) is 0.944. The molecule has 7 heteroatoms. The van der Waals surface area contributed by atoms with E-state index in [1.54, 1.807) is 18.2 Å². The molecule has 2 aromatic rings. The minimum atomic E-state index is -0.617. The van der Waals surface area contributed by atoms with Gasteiger partial charge in [-0.1, -0.05) is 12.1 Å². The highest BCUT2D eigenvalue weighted by Crippen LogP contribution is 2.27. The lowest BCUT2D eigenvalue weighted by Gasteiger charge is -2.10. The fourth-order valence-electron chi connectivity index (χ4n) is 1.93. The van der Waals surface area contributed by atoms with Gasteiger partial charge in [0.25, 0.3) is 5.91 Å². The number of carbonyl (C=O) groups excluding carboxylic acids is 2. The molecule has 1 amide bonds. The zero-order chi connectivity index (χ0) is 17.5. The first-order valence-electron chi connectivity index (χ1n) is 6.98. The topological polar surface area (TPSA) is 73.9 Å². The zero-order valence-corrected chi connectivity index (χ0v) is 15.3. The van der Waals surface area contributed by atoms with Crippen molar-refractivity contribution in [1.82, 2.24) is 0 Å². The molecule has 2 rings (SSSR count). The molecule has 6 nitrogen and oxygen atoms in total. The lowest BCUT2D eigenvalue weighted by atomic mass is 10.2. The summed E-state index contributed by atoms with van der Waals surface area (Å²) in [5.74, 6) is -0.109. The number of ether oxygens (including phenoxy) is 3. The van der Waals surface area contributed by atoms with Gasteiger partial charge in [0.1, 0.15) is 0 Å². The van der Waals surface area contributed by atoms with Crippen molar-refractivity contribution in [3.05, 3.63) is 51.6 Å². The Kier molecular flexibility index (Phi) is 6.42. The van der Waals surface area contributed by atoms with E-state index in [9.17, 15) is 9.59 Å². The Morgan fingerprint density at radius 3 is 2.42 bits per heavy atom. The lowest BCUT2D eigenvalue weighted by molar-refractivity contribution is -0.119. The van der Waals surface area contributed by atoms with Crippen LogP contribution in [0.25, 0.3) is 0 Å². The third-order valence-electron chi connectivity index (χ3n) is 3.10. The molecule has 0 atom stereocenters. The van der Waals surface area contributed by atoms with Gasteiger partial charge >= 0.3 is 5.97 Å². The number of benzene rings is 2. The molecule has 0 spiro atoms. The molecule has 24 heavy (non-hydrogen) atoms. The lowest BCUT2D eigenvalue weighted by Crippen LogP contribution is -2.21. The number of hydrogen-bond donors (Lipinski definition) is 1. The Morgan fingerprint density at radius 2 is 1.75 bits per heavy atom. The van der Waals surface area contributed by atoms with Crippen molar-refractivity contribution >= 4 is 40.2 Å². The SMILES string of the molecule is COc1ccc(C(=O)OCC(=O)Nc2ccccc2I)cc1OC. The fourth-order valence-corrected chi connectivity index (χ4v) is 2.45. The predicted octanol–water partition coefficient (Wildman–Crippen LogP) is 3.10. The summed E-state index contributed by atoms with van der Waals surface area (Å²) in [4.78, 5) is 23.9. The third kappa shape index (κ3) is 4.60. The van der Waals surface area contributed by atoms with Crippen molar-refractivity contribution < 1.29 is 23.8 Å². The van der Waals surface area contributed by atoms with E-state index in [4.69, 9.17) is 14.2 Å². The number of rotatable bonds is 6. The highest BCUT2D eigenvalue weighted by atomic mass is 127. The average Bonchev–Trinajstić information content (AvgIpc) is 2.61. The molecule has 0 aliphatic heterocycles. The molecule has 0 bridgehead atoms. The summed E-state index contributed by atoms with van der Waals surface area (Å²) in [5, 5.41) is 2.69. The molecule has 0 saturated carbocycles. The van der Waals surface area contributed by atoms with E-state index in [-0.39, 0.29) is 12.2 Å². The monoisotopic (exact) mass is 441 g/mol. The van der Waals surface area contributed by atoms with Crippen LogP contribution in [0.4, 0.5) is 5.69 Å². The molecule has 0 aliphatic rings. The van der Waals surface area contributed by atoms with Gasteiger partial charge in [0.2, 0.25) is 0 Å². The summed E-state index contributed by atoms with van der Waals surface area (Å²) in [6.07, 6.45) is 0. The second kappa shape index (κ2) is 8.53. The Hall–Kier alpha value is -2.29. The molecule has 1 N–H and O–H groups in total. The van der Waals surface area contributed by atoms with E-state index in [2.05, 4.69) is 27.9 Å². The van der Waals surface area contributed by atoms with Crippen LogP contribution in [0.3, 0.4) is 0 Å². The molecule has 0 aliphatic carbocycles. The molecule has 0 saturated heterocycles. The zero-order valence-electron chi connectivity index (χ0n) is 13.2. The van der Waals surface area contributed by atoms with Crippen LogP contribution in [-0.4, -0.2) is 32.7 Å². The van der Waals surface area contributed by atoms with Gasteiger partial charge in [0.15, 0.2) is 18.1 Å². The molecule has 2 aromatic carbocycles. The number of para-hydroxylation sites is 1. The largest absolute Gasteiger partial charge is 0.493 e. The number of hydrogen-bond acceptors (Lipinski definition) is 5. The Bertz CT molecular complexity index is 748. The van der Waals surface area contributed by atoms with E-state index in [1.165, 1.54) is 20.3 Å². The first kappa shape index (κ1) is 18.1. The number of halogens is 1. The number of carbonyl (C=O) groups is 2. The van der Waals surface area contributed by atoms with Crippen molar-refractivity contribution in [2.24, 2.45) is 0 Å².